The van der Waals surface area contributed by atoms with Gasteiger partial charge in [-0.15, -0.1) is 0 Å². The van der Waals surface area contributed by atoms with Crippen molar-refractivity contribution in [2.45, 2.75) is 45.2 Å². The molecule has 0 aromatic heterocycles. The van der Waals surface area contributed by atoms with Gasteiger partial charge in [0.15, 0.2) is 0 Å². The van der Waals surface area contributed by atoms with E-state index in [2.05, 4.69) is 36.0 Å². The van der Waals surface area contributed by atoms with E-state index in [4.69, 9.17) is 0 Å². The third kappa shape index (κ3) is 3.43. The summed E-state index contributed by atoms with van der Waals surface area (Å²) in [6, 6.07) is 1.57. The van der Waals surface area contributed by atoms with Crippen LogP contribution in [0.5, 0.6) is 0 Å². The maximum atomic E-state index is 3.46. The first-order valence-corrected chi connectivity index (χ1v) is 7.35. The predicted molar refractivity (Wildman–Crippen MR) is 73.3 cm³/mol. The van der Waals surface area contributed by atoms with Gasteiger partial charge in [-0.3, -0.25) is 4.90 Å². The van der Waals surface area contributed by atoms with Crippen LogP contribution in [0.15, 0.2) is 0 Å². The second-order valence-electron chi connectivity index (χ2n) is 5.96. The second-order valence-corrected chi connectivity index (χ2v) is 5.96. The molecule has 2 heterocycles. The van der Waals surface area contributed by atoms with Crippen LogP contribution in [0.1, 0.15) is 33.1 Å². The molecule has 0 aromatic rings. The van der Waals surface area contributed by atoms with Crippen molar-refractivity contribution < 1.29 is 0 Å². The van der Waals surface area contributed by atoms with Crippen molar-refractivity contribution in [2.24, 2.45) is 5.92 Å². The Morgan fingerprint density at radius 2 is 2.00 bits per heavy atom. The maximum absolute atomic E-state index is 3.46. The smallest absolute Gasteiger partial charge is 0.0237 e. The van der Waals surface area contributed by atoms with E-state index in [0.717, 1.165) is 18.0 Å². The maximum Gasteiger partial charge on any atom is 0.0237 e. The van der Waals surface area contributed by atoms with E-state index in [-0.39, 0.29) is 0 Å². The molecule has 0 bridgehead atoms. The summed E-state index contributed by atoms with van der Waals surface area (Å²) < 4.78 is 0. The topological polar surface area (TPSA) is 18.5 Å². The van der Waals surface area contributed by atoms with Gasteiger partial charge in [0.05, 0.1) is 0 Å². The van der Waals surface area contributed by atoms with Crippen molar-refractivity contribution in [2.75, 3.05) is 39.8 Å². The van der Waals surface area contributed by atoms with E-state index in [1.54, 1.807) is 0 Å². The molecule has 3 heteroatoms. The Labute approximate surface area is 107 Å². The summed E-state index contributed by atoms with van der Waals surface area (Å²) in [7, 11) is 2.27. The third-order valence-corrected chi connectivity index (χ3v) is 4.74. The molecule has 2 saturated heterocycles. The Kier molecular flexibility index (Phi) is 4.83. The van der Waals surface area contributed by atoms with Crippen LogP contribution in [0.4, 0.5) is 0 Å². The monoisotopic (exact) mass is 239 g/mol. The zero-order chi connectivity index (χ0) is 12.3. The van der Waals surface area contributed by atoms with Gasteiger partial charge in [-0.05, 0) is 58.8 Å². The molecule has 2 atom stereocenters. The molecule has 0 amide bonds. The number of hydrogen-bond donors (Lipinski definition) is 1. The van der Waals surface area contributed by atoms with Gasteiger partial charge < -0.3 is 10.2 Å². The van der Waals surface area contributed by atoms with Crippen molar-refractivity contribution in [3.63, 3.8) is 0 Å². The van der Waals surface area contributed by atoms with Gasteiger partial charge in [-0.25, -0.2) is 0 Å². The first kappa shape index (κ1) is 13.3. The minimum Gasteiger partial charge on any atom is -0.317 e. The fourth-order valence-corrected chi connectivity index (χ4v) is 3.36. The van der Waals surface area contributed by atoms with Crippen LogP contribution in [-0.4, -0.2) is 61.7 Å². The molecular weight excluding hydrogens is 210 g/mol. The third-order valence-electron chi connectivity index (χ3n) is 4.74. The van der Waals surface area contributed by atoms with E-state index >= 15 is 0 Å². The highest BCUT2D eigenvalue weighted by Gasteiger charge is 2.31. The van der Waals surface area contributed by atoms with E-state index in [1.807, 2.05) is 0 Å². The zero-order valence-electron chi connectivity index (χ0n) is 11.8. The van der Waals surface area contributed by atoms with Crippen molar-refractivity contribution in [3.8, 4) is 0 Å². The fraction of sp³-hybridized carbons (Fsp3) is 1.00. The lowest BCUT2D eigenvalue weighted by atomic mass is 9.96. The molecule has 2 fully saturated rings. The lowest BCUT2D eigenvalue weighted by molar-refractivity contribution is 0.161. The number of nitrogens with zero attached hydrogens (tertiary/aromatic N) is 2. The van der Waals surface area contributed by atoms with Crippen molar-refractivity contribution >= 4 is 0 Å². The van der Waals surface area contributed by atoms with Crippen LogP contribution < -0.4 is 5.32 Å². The summed E-state index contributed by atoms with van der Waals surface area (Å²) in [5.74, 6) is 0.928. The molecule has 17 heavy (non-hydrogen) atoms. The fourth-order valence-electron chi connectivity index (χ4n) is 3.36. The number of piperidine rings is 1. The first-order chi connectivity index (χ1) is 8.20. The van der Waals surface area contributed by atoms with Gasteiger partial charge in [0.2, 0.25) is 0 Å². The van der Waals surface area contributed by atoms with E-state index < -0.39 is 0 Å². The van der Waals surface area contributed by atoms with Gasteiger partial charge in [-0.2, -0.15) is 0 Å². The highest BCUT2D eigenvalue weighted by Crippen LogP contribution is 2.22. The summed E-state index contributed by atoms with van der Waals surface area (Å²) in [5, 5.41) is 3.46. The van der Waals surface area contributed by atoms with Gasteiger partial charge >= 0.3 is 0 Å². The molecule has 0 aromatic carbocycles. The number of likely N-dealkylation sites (tertiary alicyclic amines) is 1. The Balaban J connectivity index is 1.83. The van der Waals surface area contributed by atoms with Crippen LogP contribution >= 0.6 is 0 Å². The predicted octanol–water partition coefficient (Wildman–Crippen LogP) is 1.40. The Bertz CT molecular complexity index is 216. The van der Waals surface area contributed by atoms with E-state index in [1.165, 1.54) is 52.0 Å². The SMILES string of the molecule is CCN(CC1CCNCC1)C1CC(C)N(C)C1. The van der Waals surface area contributed by atoms with Crippen molar-refractivity contribution in [1.29, 1.82) is 0 Å². The molecular formula is C14H29N3. The lowest BCUT2D eigenvalue weighted by Gasteiger charge is -2.33. The first-order valence-electron chi connectivity index (χ1n) is 7.35. The molecule has 3 nitrogen and oxygen atoms in total. The standard InChI is InChI=1S/C14H29N3/c1-4-17(10-13-5-7-15-8-6-13)14-9-12(2)16(3)11-14/h12-15H,4-11H2,1-3H3. The van der Waals surface area contributed by atoms with Crippen LogP contribution in [0, 0.1) is 5.92 Å². The largest absolute Gasteiger partial charge is 0.317 e. The van der Waals surface area contributed by atoms with Crippen molar-refractivity contribution in [1.82, 2.24) is 15.1 Å². The van der Waals surface area contributed by atoms with Gasteiger partial charge in [0, 0.05) is 25.2 Å². The molecule has 0 radical (unpaired) electrons. The van der Waals surface area contributed by atoms with E-state index in [9.17, 15) is 0 Å². The van der Waals surface area contributed by atoms with Gasteiger partial charge in [0.1, 0.15) is 0 Å². The summed E-state index contributed by atoms with van der Waals surface area (Å²) in [5.41, 5.74) is 0. The average Bonchev–Trinajstić information content (AvgIpc) is 2.68. The average molecular weight is 239 g/mol. The highest BCUT2D eigenvalue weighted by atomic mass is 15.3. The molecule has 2 rings (SSSR count). The number of nitrogens with one attached hydrogen (secondary N) is 1. The van der Waals surface area contributed by atoms with Crippen LogP contribution in [0.2, 0.25) is 0 Å². The number of rotatable bonds is 4. The van der Waals surface area contributed by atoms with Gasteiger partial charge in [-0.1, -0.05) is 6.92 Å². The summed E-state index contributed by atoms with van der Waals surface area (Å²) in [6.07, 6.45) is 4.10. The van der Waals surface area contributed by atoms with Crippen LogP contribution in [0.3, 0.4) is 0 Å². The molecule has 0 aliphatic carbocycles. The normalized spacial score (nSPS) is 32.5. The van der Waals surface area contributed by atoms with Crippen LogP contribution in [-0.2, 0) is 0 Å². The molecule has 2 aliphatic heterocycles. The summed E-state index contributed by atoms with van der Waals surface area (Å²) in [4.78, 5) is 5.24. The molecule has 0 spiro atoms. The molecule has 0 saturated carbocycles. The highest BCUT2D eigenvalue weighted by molar-refractivity contribution is 4.87. The summed E-state index contributed by atoms with van der Waals surface area (Å²) >= 11 is 0. The number of hydrogen-bond acceptors (Lipinski definition) is 3. The molecule has 2 unspecified atom stereocenters. The molecule has 1 N–H and O–H groups in total. The van der Waals surface area contributed by atoms with Crippen molar-refractivity contribution in [3.05, 3.63) is 0 Å². The Morgan fingerprint density at radius 1 is 1.29 bits per heavy atom. The number of likely N-dealkylation sites (N-methyl/N-ethyl adjacent to an activating group) is 2. The Morgan fingerprint density at radius 3 is 2.53 bits per heavy atom. The molecule has 2 aliphatic rings. The second kappa shape index (κ2) is 6.17. The minimum atomic E-state index is 0.766. The zero-order valence-corrected chi connectivity index (χ0v) is 11.8. The van der Waals surface area contributed by atoms with Crippen LogP contribution in [0.25, 0.3) is 0 Å². The molecule has 100 valence electrons. The van der Waals surface area contributed by atoms with Gasteiger partial charge in [0.25, 0.3) is 0 Å². The van der Waals surface area contributed by atoms with E-state index in [0.29, 0.717) is 0 Å². The summed E-state index contributed by atoms with van der Waals surface area (Å²) in [6.45, 7) is 10.9. The minimum absolute atomic E-state index is 0.766. The lowest BCUT2D eigenvalue weighted by Crippen LogP contribution is -2.42. The Hall–Kier alpha value is -0.120. The quantitative estimate of drug-likeness (QED) is 0.800.